The summed E-state index contributed by atoms with van der Waals surface area (Å²) in [7, 11) is 0. The van der Waals surface area contributed by atoms with Crippen LogP contribution in [0.25, 0.3) is 11.0 Å². The molecule has 0 atom stereocenters. The molecule has 0 unspecified atom stereocenters. The largest absolute Gasteiger partial charge is 0.460 e. The summed E-state index contributed by atoms with van der Waals surface area (Å²) in [6.45, 7) is 1.95. The molecule has 0 saturated carbocycles. The second kappa shape index (κ2) is 7.76. The Morgan fingerprint density at radius 1 is 1.16 bits per heavy atom. The number of hydrogen-bond donors (Lipinski definition) is 0. The van der Waals surface area contributed by atoms with Crippen molar-refractivity contribution in [1.82, 2.24) is 0 Å². The molecule has 0 amide bonds. The molecule has 128 valence electrons. The number of esters is 1. The molecule has 0 aliphatic carbocycles. The molecule has 1 aromatic heterocycles. The molecule has 0 aliphatic rings. The van der Waals surface area contributed by atoms with Crippen molar-refractivity contribution < 1.29 is 13.9 Å². The van der Waals surface area contributed by atoms with E-state index in [2.05, 4.69) is 0 Å². The number of rotatable bonds is 5. The van der Waals surface area contributed by atoms with E-state index in [-0.39, 0.29) is 18.3 Å². The molecule has 0 radical (unpaired) electrons. The van der Waals surface area contributed by atoms with Crippen molar-refractivity contribution in [2.24, 2.45) is 0 Å². The highest BCUT2D eigenvalue weighted by molar-refractivity contribution is 8.00. The van der Waals surface area contributed by atoms with Crippen LogP contribution in [-0.2, 0) is 16.1 Å². The maximum atomic E-state index is 12.0. The van der Waals surface area contributed by atoms with Crippen LogP contribution in [0.1, 0.15) is 11.1 Å². The number of thioether (sulfide) groups is 1. The predicted molar refractivity (Wildman–Crippen MR) is 99.2 cm³/mol. The highest BCUT2D eigenvalue weighted by Gasteiger charge is 2.10. The zero-order valence-corrected chi connectivity index (χ0v) is 15.0. The summed E-state index contributed by atoms with van der Waals surface area (Å²) >= 11 is 7.20. The van der Waals surface area contributed by atoms with Gasteiger partial charge in [0.2, 0.25) is 0 Å². The summed E-state index contributed by atoms with van der Waals surface area (Å²) in [5, 5.41) is 1.42. The molecule has 0 fully saturated rings. The second-order valence-electron chi connectivity index (χ2n) is 5.49. The smallest absolute Gasteiger partial charge is 0.336 e. The van der Waals surface area contributed by atoms with Gasteiger partial charge in [-0.05, 0) is 42.8 Å². The average molecular weight is 375 g/mol. The fourth-order valence-corrected chi connectivity index (χ4v) is 3.15. The number of carbonyl (C=O) groups excluding carboxylic acids is 1. The first-order chi connectivity index (χ1) is 12.0. The van der Waals surface area contributed by atoms with Crippen molar-refractivity contribution in [3.05, 3.63) is 75.1 Å². The van der Waals surface area contributed by atoms with Crippen LogP contribution in [-0.4, -0.2) is 11.7 Å². The van der Waals surface area contributed by atoms with Gasteiger partial charge >= 0.3 is 11.6 Å². The van der Waals surface area contributed by atoms with Crippen LogP contribution in [0.5, 0.6) is 0 Å². The van der Waals surface area contributed by atoms with Crippen LogP contribution < -0.4 is 5.63 Å². The van der Waals surface area contributed by atoms with Crippen LogP contribution in [0, 0.1) is 6.92 Å². The van der Waals surface area contributed by atoms with Crippen LogP contribution in [0.2, 0.25) is 5.02 Å². The van der Waals surface area contributed by atoms with Crippen molar-refractivity contribution in [2.75, 3.05) is 5.75 Å². The third kappa shape index (κ3) is 4.65. The molecule has 0 aliphatic heterocycles. The molecule has 4 nitrogen and oxygen atoms in total. The quantitative estimate of drug-likeness (QED) is 0.371. The Kier molecular flexibility index (Phi) is 5.46. The second-order valence-corrected chi connectivity index (χ2v) is 6.98. The molecule has 6 heteroatoms. The molecule has 3 aromatic rings. The Balaban J connectivity index is 1.65. The van der Waals surface area contributed by atoms with Crippen molar-refractivity contribution in [3.63, 3.8) is 0 Å². The lowest BCUT2D eigenvalue weighted by atomic mass is 10.1. The Hall–Kier alpha value is -2.24. The summed E-state index contributed by atoms with van der Waals surface area (Å²) in [6.07, 6.45) is 0. The topological polar surface area (TPSA) is 56.5 Å². The molecule has 3 rings (SSSR count). The summed E-state index contributed by atoms with van der Waals surface area (Å²) in [5.74, 6) is -0.173. The van der Waals surface area contributed by atoms with Gasteiger partial charge in [-0.25, -0.2) is 4.79 Å². The highest BCUT2D eigenvalue weighted by Crippen LogP contribution is 2.22. The van der Waals surface area contributed by atoms with Gasteiger partial charge < -0.3 is 9.15 Å². The van der Waals surface area contributed by atoms with E-state index in [0.29, 0.717) is 16.2 Å². The summed E-state index contributed by atoms with van der Waals surface area (Å²) in [6, 6.07) is 14.2. The summed E-state index contributed by atoms with van der Waals surface area (Å²) in [5.41, 5.74) is 1.66. The van der Waals surface area contributed by atoms with E-state index in [0.717, 1.165) is 15.8 Å². The number of ether oxygens (including phenoxy) is 1. The normalized spacial score (nSPS) is 10.8. The van der Waals surface area contributed by atoms with Gasteiger partial charge in [0, 0.05) is 26.9 Å². The lowest BCUT2D eigenvalue weighted by molar-refractivity contribution is -0.141. The molecule has 0 spiro atoms. The first-order valence-corrected chi connectivity index (χ1v) is 8.95. The minimum atomic E-state index is -0.459. The Labute approximate surface area is 153 Å². The molecular weight excluding hydrogens is 360 g/mol. The molecular formula is C19H15ClO4S. The van der Waals surface area contributed by atoms with Gasteiger partial charge in [-0.2, -0.15) is 0 Å². The first-order valence-electron chi connectivity index (χ1n) is 7.58. The van der Waals surface area contributed by atoms with E-state index >= 15 is 0 Å². The third-order valence-electron chi connectivity index (χ3n) is 3.54. The van der Waals surface area contributed by atoms with Crippen LogP contribution in [0.15, 0.2) is 62.6 Å². The van der Waals surface area contributed by atoms with E-state index in [1.807, 2.05) is 31.2 Å². The zero-order valence-electron chi connectivity index (χ0n) is 13.5. The SMILES string of the molecule is Cc1ccc2c(COC(=O)CSc3ccc(Cl)cc3)cc(=O)oc2c1. The number of aryl methyl sites for hydroxylation is 1. The average Bonchev–Trinajstić information content (AvgIpc) is 2.58. The van der Waals surface area contributed by atoms with Crippen molar-refractivity contribution in [1.29, 1.82) is 0 Å². The van der Waals surface area contributed by atoms with Crippen LogP contribution >= 0.6 is 23.4 Å². The fourth-order valence-electron chi connectivity index (χ4n) is 2.33. The van der Waals surface area contributed by atoms with E-state index < -0.39 is 5.63 Å². The van der Waals surface area contributed by atoms with E-state index in [1.165, 1.54) is 17.8 Å². The molecule has 1 heterocycles. The van der Waals surface area contributed by atoms with Crippen molar-refractivity contribution in [2.45, 2.75) is 18.4 Å². The first kappa shape index (κ1) is 17.6. The minimum Gasteiger partial charge on any atom is -0.460 e. The summed E-state index contributed by atoms with van der Waals surface area (Å²) < 4.78 is 10.5. The van der Waals surface area contributed by atoms with Gasteiger partial charge in [0.15, 0.2) is 0 Å². The number of halogens is 1. The number of hydrogen-bond acceptors (Lipinski definition) is 5. The van der Waals surface area contributed by atoms with Crippen molar-refractivity contribution >= 4 is 40.3 Å². The Bertz CT molecular complexity index is 963. The van der Waals surface area contributed by atoms with E-state index in [4.69, 9.17) is 20.8 Å². The lowest BCUT2D eigenvalue weighted by Crippen LogP contribution is -2.09. The predicted octanol–water partition coefficient (Wildman–Crippen LogP) is 4.59. The number of fused-ring (bicyclic) bond motifs is 1. The monoisotopic (exact) mass is 374 g/mol. The summed E-state index contributed by atoms with van der Waals surface area (Å²) in [4.78, 5) is 24.6. The van der Waals surface area contributed by atoms with Gasteiger partial charge in [-0.15, -0.1) is 11.8 Å². The molecule has 0 bridgehead atoms. The van der Waals surface area contributed by atoms with Gasteiger partial charge in [-0.3, -0.25) is 4.79 Å². The molecule has 0 N–H and O–H groups in total. The highest BCUT2D eigenvalue weighted by atomic mass is 35.5. The maximum Gasteiger partial charge on any atom is 0.336 e. The molecule has 25 heavy (non-hydrogen) atoms. The number of benzene rings is 2. The Morgan fingerprint density at radius 2 is 1.92 bits per heavy atom. The molecule has 0 saturated heterocycles. The number of carbonyl (C=O) groups is 1. The standard InChI is InChI=1S/C19H15ClO4S/c1-12-2-7-16-13(9-18(21)24-17(16)8-12)10-23-19(22)11-25-15-5-3-14(20)4-6-15/h2-9H,10-11H2,1H3. The van der Waals surface area contributed by atoms with Gasteiger partial charge in [0.05, 0.1) is 5.75 Å². The van der Waals surface area contributed by atoms with Gasteiger partial charge in [0.25, 0.3) is 0 Å². The maximum absolute atomic E-state index is 12.0. The van der Waals surface area contributed by atoms with E-state index in [1.54, 1.807) is 18.2 Å². The van der Waals surface area contributed by atoms with Gasteiger partial charge in [0.1, 0.15) is 12.2 Å². The fraction of sp³-hybridized carbons (Fsp3) is 0.158. The van der Waals surface area contributed by atoms with E-state index in [9.17, 15) is 9.59 Å². The van der Waals surface area contributed by atoms with Crippen molar-refractivity contribution in [3.8, 4) is 0 Å². The third-order valence-corrected chi connectivity index (χ3v) is 4.78. The van der Waals surface area contributed by atoms with Crippen LogP contribution in [0.3, 0.4) is 0 Å². The van der Waals surface area contributed by atoms with Gasteiger partial charge in [-0.1, -0.05) is 23.7 Å². The van der Waals surface area contributed by atoms with Crippen LogP contribution in [0.4, 0.5) is 0 Å². The zero-order chi connectivity index (χ0) is 17.8. The minimum absolute atomic E-state index is 0.0329. The Morgan fingerprint density at radius 3 is 2.68 bits per heavy atom. The lowest BCUT2D eigenvalue weighted by Gasteiger charge is -2.08. The molecule has 2 aromatic carbocycles.